The molecule has 1 atom stereocenters. The molecule has 1 amide bonds. The molecule has 0 bridgehead atoms. The largest absolute Gasteiger partial charge is 0.493 e. The van der Waals surface area contributed by atoms with Gasteiger partial charge in [-0.25, -0.2) is 0 Å². The fourth-order valence-corrected chi connectivity index (χ4v) is 2.86. The van der Waals surface area contributed by atoms with Gasteiger partial charge in [-0.2, -0.15) is 0 Å². The lowest BCUT2D eigenvalue weighted by Crippen LogP contribution is -2.30. The molecule has 3 rings (SSSR count). The summed E-state index contributed by atoms with van der Waals surface area (Å²) in [6.45, 7) is 1.65. The van der Waals surface area contributed by atoms with E-state index in [1.54, 1.807) is 68.6 Å². The van der Waals surface area contributed by atoms with Gasteiger partial charge >= 0.3 is 0 Å². The molecular formula is C24H23NO5. The molecule has 0 saturated carbocycles. The molecule has 0 aliphatic rings. The molecule has 154 valence electrons. The Hall–Kier alpha value is -3.80. The van der Waals surface area contributed by atoms with E-state index in [4.69, 9.17) is 14.2 Å². The van der Waals surface area contributed by atoms with Gasteiger partial charge in [0.25, 0.3) is 5.91 Å². The Kier molecular flexibility index (Phi) is 6.70. The Bertz CT molecular complexity index is 1020. The first-order chi connectivity index (χ1) is 14.5. The van der Waals surface area contributed by atoms with Crippen LogP contribution in [0.1, 0.15) is 22.8 Å². The number of amides is 1. The van der Waals surface area contributed by atoms with Crippen LogP contribution in [-0.2, 0) is 4.79 Å². The number of hydrogen-bond donors (Lipinski definition) is 1. The summed E-state index contributed by atoms with van der Waals surface area (Å²) < 4.78 is 16.1. The molecule has 0 fully saturated rings. The van der Waals surface area contributed by atoms with E-state index in [1.165, 1.54) is 7.11 Å². The monoisotopic (exact) mass is 405 g/mol. The fourth-order valence-electron chi connectivity index (χ4n) is 2.86. The second-order valence-electron chi connectivity index (χ2n) is 6.54. The smallest absolute Gasteiger partial charge is 0.265 e. The SMILES string of the molecule is COc1ccc(NC(=O)C(C)Oc2ccc(C(=O)c3ccccc3)cc2)cc1OC. The highest BCUT2D eigenvalue weighted by molar-refractivity contribution is 6.09. The van der Waals surface area contributed by atoms with E-state index < -0.39 is 6.10 Å². The fraction of sp³-hybridized carbons (Fsp3) is 0.167. The Morgan fingerprint density at radius 2 is 1.43 bits per heavy atom. The molecule has 0 aromatic heterocycles. The minimum atomic E-state index is -0.742. The summed E-state index contributed by atoms with van der Waals surface area (Å²) >= 11 is 0. The van der Waals surface area contributed by atoms with E-state index in [0.717, 1.165) is 0 Å². The van der Waals surface area contributed by atoms with Crippen molar-refractivity contribution < 1.29 is 23.8 Å². The van der Waals surface area contributed by atoms with Crippen LogP contribution in [-0.4, -0.2) is 32.0 Å². The number of benzene rings is 3. The van der Waals surface area contributed by atoms with Crippen molar-refractivity contribution in [3.05, 3.63) is 83.9 Å². The lowest BCUT2D eigenvalue weighted by molar-refractivity contribution is -0.122. The molecular weight excluding hydrogens is 382 g/mol. The van der Waals surface area contributed by atoms with Crippen molar-refractivity contribution in [1.82, 2.24) is 0 Å². The highest BCUT2D eigenvalue weighted by atomic mass is 16.5. The van der Waals surface area contributed by atoms with Crippen molar-refractivity contribution in [3.63, 3.8) is 0 Å². The highest BCUT2D eigenvalue weighted by Crippen LogP contribution is 2.29. The molecule has 0 heterocycles. The van der Waals surface area contributed by atoms with Crippen LogP contribution >= 0.6 is 0 Å². The molecule has 1 N–H and O–H groups in total. The quantitative estimate of drug-likeness (QED) is 0.565. The standard InChI is InChI=1S/C24H23NO5/c1-16(24(27)25-19-11-14-21(28-2)22(15-19)29-3)30-20-12-9-18(10-13-20)23(26)17-7-5-4-6-8-17/h4-16H,1-3H3,(H,25,27). The summed E-state index contributed by atoms with van der Waals surface area (Å²) in [6, 6.07) is 20.9. The summed E-state index contributed by atoms with van der Waals surface area (Å²) in [5.74, 6) is 1.20. The molecule has 30 heavy (non-hydrogen) atoms. The van der Waals surface area contributed by atoms with E-state index in [0.29, 0.717) is 34.1 Å². The van der Waals surface area contributed by atoms with Gasteiger partial charge in [-0.05, 0) is 43.3 Å². The van der Waals surface area contributed by atoms with Crippen LogP contribution in [0.3, 0.4) is 0 Å². The summed E-state index contributed by atoms with van der Waals surface area (Å²) in [5, 5.41) is 2.79. The Labute approximate surface area is 175 Å². The van der Waals surface area contributed by atoms with Crippen LogP contribution in [0.15, 0.2) is 72.8 Å². The van der Waals surface area contributed by atoms with Gasteiger partial charge in [0.1, 0.15) is 5.75 Å². The molecule has 1 unspecified atom stereocenters. The minimum absolute atomic E-state index is 0.0682. The summed E-state index contributed by atoms with van der Waals surface area (Å²) in [4.78, 5) is 24.9. The lowest BCUT2D eigenvalue weighted by atomic mass is 10.0. The van der Waals surface area contributed by atoms with Gasteiger partial charge in [0.05, 0.1) is 14.2 Å². The maximum atomic E-state index is 12.5. The van der Waals surface area contributed by atoms with Crippen molar-refractivity contribution in [2.24, 2.45) is 0 Å². The molecule has 3 aromatic rings. The number of rotatable bonds is 8. The predicted octanol–water partition coefficient (Wildman–Crippen LogP) is 4.34. The van der Waals surface area contributed by atoms with Gasteiger partial charge in [-0.1, -0.05) is 30.3 Å². The van der Waals surface area contributed by atoms with Gasteiger partial charge in [0.15, 0.2) is 23.4 Å². The summed E-state index contributed by atoms with van der Waals surface area (Å²) in [5.41, 5.74) is 1.74. The van der Waals surface area contributed by atoms with E-state index in [9.17, 15) is 9.59 Å². The van der Waals surface area contributed by atoms with E-state index >= 15 is 0 Å². The van der Waals surface area contributed by atoms with Crippen LogP contribution in [0.4, 0.5) is 5.69 Å². The van der Waals surface area contributed by atoms with Crippen molar-refractivity contribution in [1.29, 1.82) is 0 Å². The first-order valence-corrected chi connectivity index (χ1v) is 9.41. The Balaban J connectivity index is 1.62. The maximum Gasteiger partial charge on any atom is 0.265 e. The number of ether oxygens (including phenoxy) is 3. The molecule has 6 heteroatoms. The Morgan fingerprint density at radius 1 is 0.800 bits per heavy atom. The molecule has 0 aliphatic heterocycles. The number of ketones is 1. The number of anilines is 1. The van der Waals surface area contributed by atoms with E-state index in [-0.39, 0.29) is 11.7 Å². The number of carbonyl (C=O) groups is 2. The normalized spacial score (nSPS) is 11.3. The molecule has 0 spiro atoms. The lowest BCUT2D eigenvalue weighted by Gasteiger charge is -2.16. The molecule has 3 aromatic carbocycles. The van der Waals surface area contributed by atoms with Gasteiger partial charge in [0, 0.05) is 22.9 Å². The number of carbonyl (C=O) groups excluding carboxylic acids is 2. The van der Waals surface area contributed by atoms with Crippen LogP contribution < -0.4 is 19.5 Å². The third-order valence-electron chi connectivity index (χ3n) is 4.49. The summed E-state index contributed by atoms with van der Waals surface area (Å²) in [7, 11) is 3.08. The number of nitrogens with one attached hydrogen (secondary N) is 1. The van der Waals surface area contributed by atoms with Gasteiger partial charge in [-0.15, -0.1) is 0 Å². The van der Waals surface area contributed by atoms with Crippen molar-refractivity contribution in [2.75, 3.05) is 19.5 Å². The van der Waals surface area contributed by atoms with Crippen molar-refractivity contribution in [2.45, 2.75) is 13.0 Å². The summed E-state index contributed by atoms with van der Waals surface area (Å²) in [6.07, 6.45) is -0.742. The van der Waals surface area contributed by atoms with Gasteiger partial charge in [-0.3, -0.25) is 9.59 Å². The van der Waals surface area contributed by atoms with Crippen molar-refractivity contribution >= 4 is 17.4 Å². The van der Waals surface area contributed by atoms with E-state index in [2.05, 4.69) is 5.32 Å². The Morgan fingerprint density at radius 3 is 2.07 bits per heavy atom. The third-order valence-corrected chi connectivity index (χ3v) is 4.49. The topological polar surface area (TPSA) is 73.9 Å². The highest BCUT2D eigenvalue weighted by Gasteiger charge is 2.16. The zero-order valence-electron chi connectivity index (χ0n) is 17.0. The minimum Gasteiger partial charge on any atom is -0.493 e. The first-order valence-electron chi connectivity index (χ1n) is 9.41. The number of methoxy groups -OCH3 is 2. The molecule has 6 nitrogen and oxygen atoms in total. The van der Waals surface area contributed by atoms with Crippen LogP contribution in [0.2, 0.25) is 0 Å². The zero-order chi connectivity index (χ0) is 21.5. The van der Waals surface area contributed by atoms with E-state index in [1.807, 2.05) is 18.2 Å². The molecule has 0 radical (unpaired) electrons. The van der Waals surface area contributed by atoms with Crippen LogP contribution in [0.5, 0.6) is 17.2 Å². The average molecular weight is 405 g/mol. The van der Waals surface area contributed by atoms with Gasteiger partial charge < -0.3 is 19.5 Å². The predicted molar refractivity (Wildman–Crippen MR) is 115 cm³/mol. The molecule has 0 saturated heterocycles. The molecule has 0 aliphatic carbocycles. The maximum absolute atomic E-state index is 12.5. The van der Waals surface area contributed by atoms with Crippen LogP contribution in [0.25, 0.3) is 0 Å². The van der Waals surface area contributed by atoms with Crippen LogP contribution in [0, 0.1) is 0 Å². The van der Waals surface area contributed by atoms with Crippen molar-refractivity contribution in [3.8, 4) is 17.2 Å². The third kappa shape index (κ3) is 4.97. The second-order valence-corrected chi connectivity index (χ2v) is 6.54. The number of hydrogen-bond acceptors (Lipinski definition) is 5. The first kappa shape index (κ1) is 20.9. The second kappa shape index (κ2) is 9.60. The van der Waals surface area contributed by atoms with Gasteiger partial charge in [0.2, 0.25) is 0 Å². The average Bonchev–Trinajstić information content (AvgIpc) is 2.79. The zero-order valence-corrected chi connectivity index (χ0v) is 17.0.